The van der Waals surface area contributed by atoms with Crippen LogP contribution in [0.3, 0.4) is 0 Å². The van der Waals surface area contributed by atoms with Gasteiger partial charge in [0.25, 0.3) is 0 Å². The molecule has 0 spiro atoms. The van der Waals surface area contributed by atoms with E-state index in [1.165, 1.54) is 0 Å². The maximum Gasteiger partial charge on any atom is 0.128 e. The summed E-state index contributed by atoms with van der Waals surface area (Å²) in [6, 6.07) is 0. The van der Waals surface area contributed by atoms with Crippen molar-refractivity contribution in [1.82, 2.24) is 5.32 Å². The Morgan fingerprint density at radius 1 is 1.50 bits per heavy atom. The van der Waals surface area contributed by atoms with Gasteiger partial charge in [0.1, 0.15) is 6.23 Å². The number of nitrogens with one attached hydrogen (secondary N) is 1. The van der Waals surface area contributed by atoms with Crippen molar-refractivity contribution in [2.45, 2.75) is 32.6 Å². The number of aliphatic hydroxyl groups excluding tert-OH is 1. The summed E-state index contributed by atoms with van der Waals surface area (Å²) in [7, 11) is 0. The van der Waals surface area contributed by atoms with Gasteiger partial charge in [0.2, 0.25) is 0 Å². The molecule has 0 rings (SSSR count). The Hall–Kier alpha value is -0.160. The zero-order chi connectivity index (χ0) is 9.61. The molecule has 0 aromatic rings. The van der Waals surface area contributed by atoms with E-state index in [-0.39, 0.29) is 13.2 Å². The molecule has 0 saturated carbocycles. The molecule has 0 aromatic carbocycles. The normalized spacial score (nSPS) is 14.8. The fourth-order valence-electron chi connectivity index (χ4n) is 0.715. The van der Waals surface area contributed by atoms with Crippen LogP contribution in [-0.4, -0.2) is 41.8 Å². The summed E-state index contributed by atoms with van der Waals surface area (Å²) in [6.45, 7) is 6.36. The third-order valence-corrected chi connectivity index (χ3v) is 1.17. The number of likely N-dealkylation sites (N-methyl/N-ethyl adjacent to an activating group) is 1. The molecule has 0 aliphatic heterocycles. The monoisotopic (exact) mass is 177 g/mol. The van der Waals surface area contributed by atoms with Crippen LogP contribution in [0, 0.1) is 0 Å². The molecule has 0 radical (unpaired) electrons. The van der Waals surface area contributed by atoms with Crippen LogP contribution in [0.2, 0.25) is 0 Å². The fourth-order valence-corrected chi connectivity index (χ4v) is 0.715. The van der Waals surface area contributed by atoms with E-state index in [9.17, 15) is 5.11 Å². The van der Waals surface area contributed by atoms with Gasteiger partial charge >= 0.3 is 0 Å². The fraction of sp³-hybridized carbons (Fsp3) is 1.00. The Kier molecular flexibility index (Phi) is 5.41. The second-order valence-corrected chi connectivity index (χ2v) is 3.40. The summed E-state index contributed by atoms with van der Waals surface area (Å²) < 4.78 is 5.05. The number of aliphatic hydroxyl groups is 2. The Morgan fingerprint density at radius 3 is 2.50 bits per heavy atom. The molecule has 12 heavy (non-hydrogen) atoms. The summed E-state index contributed by atoms with van der Waals surface area (Å²) in [4.78, 5) is 0. The third kappa shape index (κ3) is 7.94. The summed E-state index contributed by atoms with van der Waals surface area (Å²) in [5.74, 6) is 0. The lowest BCUT2D eigenvalue weighted by molar-refractivity contribution is -0.0517. The van der Waals surface area contributed by atoms with Gasteiger partial charge < -0.3 is 14.9 Å². The molecule has 74 valence electrons. The first kappa shape index (κ1) is 11.8. The molecular formula is C8H19NO3. The van der Waals surface area contributed by atoms with Crippen molar-refractivity contribution in [2.75, 3.05) is 19.8 Å². The van der Waals surface area contributed by atoms with Gasteiger partial charge in [-0.1, -0.05) is 6.92 Å². The summed E-state index contributed by atoms with van der Waals surface area (Å²) in [5.41, 5.74) is -0.827. The number of rotatable bonds is 6. The van der Waals surface area contributed by atoms with E-state index in [0.717, 1.165) is 0 Å². The number of hydrogen-bond acceptors (Lipinski definition) is 4. The molecular weight excluding hydrogens is 158 g/mol. The lowest BCUT2D eigenvalue weighted by atomic mass is 10.2. The van der Waals surface area contributed by atoms with Crippen LogP contribution < -0.4 is 5.32 Å². The van der Waals surface area contributed by atoms with Gasteiger partial charge in [-0.25, -0.2) is 0 Å². The van der Waals surface area contributed by atoms with Crippen molar-refractivity contribution in [1.29, 1.82) is 0 Å². The number of hydrogen-bond donors (Lipinski definition) is 3. The zero-order valence-corrected chi connectivity index (χ0v) is 8.00. The van der Waals surface area contributed by atoms with Crippen LogP contribution in [0.1, 0.15) is 20.8 Å². The van der Waals surface area contributed by atoms with Gasteiger partial charge in [0.15, 0.2) is 0 Å². The van der Waals surface area contributed by atoms with Gasteiger partial charge in [-0.05, 0) is 20.4 Å². The summed E-state index contributed by atoms with van der Waals surface area (Å²) in [5, 5.41) is 21.1. The minimum Gasteiger partial charge on any atom is -0.388 e. The van der Waals surface area contributed by atoms with E-state index in [1.54, 1.807) is 13.8 Å². The van der Waals surface area contributed by atoms with Crippen LogP contribution in [0.4, 0.5) is 0 Å². The largest absolute Gasteiger partial charge is 0.388 e. The Labute approximate surface area is 73.5 Å². The smallest absolute Gasteiger partial charge is 0.128 e. The molecule has 1 atom stereocenters. The highest BCUT2D eigenvalue weighted by atomic mass is 16.5. The summed E-state index contributed by atoms with van der Waals surface area (Å²) in [6.07, 6.45) is -0.641. The first-order valence-electron chi connectivity index (χ1n) is 4.17. The zero-order valence-electron chi connectivity index (χ0n) is 8.00. The lowest BCUT2D eigenvalue weighted by Gasteiger charge is -2.18. The highest BCUT2D eigenvalue weighted by Gasteiger charge is 2.13. The van der Waals surface area contributed by atoms with E-state index in [4.69, 9.17) is 9.84 Å². The van der Waals surface area contributed by atoms with Gasteiger partial charge in [-0.2, -0.15) is 0 Å². The molecule has 0 heterocycles. The maximum atomic E-state index is 9.23. The van der Waals surface area contributed by atoms with Crippen molar-refractivity contribution in [3.63, 3.8) is 0 Å². The van der Waals surface area contributed by atoms with Crippen LogP contribution in [0.15, 0.2) is 0 Å². The molecule has 3 N–H and O–H groups in total. The molecule has 0 bridgehead atoms. The molecule has 0 aliphatic rings. The highest BCUT2D eigenvalue weighted by Crippen LogP contribution is 2.00. The minimum absolute atomic E-state index is 0.206. The van der Waals surface area contributed by atoms with Crippen LogP contribution in [0.5, 0.6) is 0 Å². The molecule has 0 aromatic heterocycles. The first-order valence-corrected chi connectivity index (χ1v) is 4.17. The van der Waals surface area contributed by atoms with Crippen molar-refractivity contribution < 1.29 is 14.9 Å². The Morgan fingerprint density at radius 2 is 2.08 bits per heavy atom. The first-order chi connectivity index (χ1) is 5.45. The van der Waals surface area contributed by atoms with Crippen molar-refractivity contribution in [2.24, 2.45) is 0 Å². The summed E-state index contributed by atoms with van der Waals surface area (Å²) >= 11 is 0. The Balaban J connectivity index is 3.31. The average molecular weight is 177 g/mol. The SMILES string of the molecule is CCNC(O)COCC(C)(C)O. The minimum atomic E-state index is -0.827. The molecule has 0 fully saturated rings. The van der Waals surface area contributed by atoms with Crippen molar-refractivity contribution >= 4 is 0 Å². The average Bonchev–Trinajstić information content (AvgIpc) is 1.84. The van der Waals surface area contributed by atoms with Gasteiger partial charge in [-0.15, -0.1) is 0 Å². The highest BCUT2D eigenvalue weighted by molar-refractivity contribution is 4.63. The number of ether oxygens (including phenoxy) is 1. The van der Waals surface area contributed by atoms with Crippen molar-refractivity contribution in [3.05, 3.63) is 0 Å². The maximum absolute atomic E-state index is 9.23. The standard InChI is InChI=1S/C8H19NO3/c1-4-9-7(10)5-12-6-8(2,3)11/h7,9-11H,4-6H2,1-3H3. The third-order valence-electron chi connectivity index (χ3n) is 1.17. The molecule has 1 unspecified atom stereocenters. The van der Waals surface area contributed by atoms with E-state index in [2.05, 4.69) is 5.32 Å². The van der Waals surface area contributed by atoms with E-state index >= 15 is 0 Å². The van der Waals surface area contributed by atoms with Crippen LogP contribution >= 0.6 is 0 Å². The van der Waals surface area contributed by atoms with Gasteiger partial charge in [0, 0.05) is 0 Å². The molecule has 4 nitrogen and oxygen atoms in total. The molecule has 0 aliphatic carbocycles. The van der Waals surface area contributed by atoms with Gasteiger partial charge in [0.05, 0.1) is 18.8 Å². The second kappa shape index (κ2) is 5.48. The molecule has 0 amide bonds. The predicted molar refractivity (Wildman–Crippen MR) is 46.8 cm³/mol. The topological polar surface area (TPSA) is 61.7 Å². The van der Waals surface area contributed by atoms with Gasteiger partial charge in [-0.3, -0.25) is 5.32 Å². The molecule has 4 heteroatoms. The lowest BCUT2D eigenvalue weighted by Crippen LogP contribution is -2.35. The molecule has 0 saturated heterocycles. The Bertz CT molecular complexity index is 111. The van der Waals surface area contributed by atoms with Crippen LogP contribution in [-0.2, 0) is 4.74 Å². The predicted octanol–water partition coefficient (Wildman–Crippen LogP) is -0.298. The van der Waals surface area contributed by atoms with Crippen LogP contribution in [0.25, 0.3) is 0 Å². The van der Waals surface area contributed by atoms with E-state index < -0.39 is 11.8 Å². The quantitative estimate of drug-likeness (QED) is 0.488. The van der Waals surface area contributed by atoms with Crippen molar-refractivity contribution in [3.8, 4) is 0 Å². The van der Waals surface area contributed by atoms with E-state index in [0.29, 0.717) is 6.54 Å². The second-order valence-electron chi connectivity index (χ2n) is 3.40. The van der Waals surface area contributed by atoms with E-state index in [1.807, 2.05) is 6.92 Å².